The number of rotatable bonds is 5. The van der Waals surface area contributed by atoms with Gasteiger partial charge in [-0.1, -0.05) is 23.2 Å². The van der Waals surface area contributed by atoms with Crippen molar-refractivity contribution in [2.75, 3.05) is 19.6 Å². The van der Waals surface area contributed by atoms with E-state index >= 15 is 0 Å². The maximum atomic E-state index is 12.5. The summed E-state index contributed by atoms with van der Waals surface area (Å²) in [5.74, 6) is 0.533. The van der Waals surface area contributed by atoms with Gasteiger partial charge in [-0.2, -0.15) is 0 Å². The van der Waals surface area contributed by atoms with Crippen LogP contribution in [0.15, 0.2) is 11.0 Å². The van der Waals surface area contributed by atoms with Crippen LogP contribution in [0, 0.1) is 19.8 Å². The third-order valence-electron chi connectivity index (χ3n) is 3.86. The molecular formula is C14H20Cl2N2O2S. The molecule has 118 valence electrons. The van der Waals surface area contributed by atoms with Gasteiger partial charge in [0.1, 0.15) is 4.90 Å². The van der Waals surface area contributed by atoms with Gasteiger partial charge in [-0.05, 0) is 62.9 Å². The first-order valence-electron chi connectivity index (χ1n) is 6.98. The number of aryl methyl sites for hydroxylation is 1. The Bertz CT molecular complexity index is 600. The second-order valence-electron chi connectivity index (χ2n) is 5.49. The van der Waals surface area contributed by atoms with Crippen molar-refractivity contribution < 1.29 is 8.42 Å². The molecule has 2 rings (SSSR count). The van der Waals surface area contributed by atoms with Gasteiger partial charge in [0.05, 0.1) is 5.02 Å². The van der Waals surface area contributed by atoms with E-state index in [1.807, 2.05) is 0 Å². The van der Waals surface area contributed by atoms with Crippen LogP contribution >= 0.6 is 23.2 Å². The summed E-state index contributed by atoms with van der Waals surface area (Å²) in [7, 11) is -3.65. The molecule has 0 bridgehead atoms. The topological polar surface area (TPSA) is 58.2 Å². The van der Waals surface area contributed by atoms with Gasteiger partial charge in [0.2, 0.25) is 10.0 Å². The van der Waals surface area contributed by atoms with E-state index in [0.717, 1.165) is 25.9 Å². The zero-order chi connectivity index (χ0) is 15.6. The summed E-state index contributed by atoms with van der Waals surface area (Å²) in [5.41, 5.74) is 1.15. The maximum Gasteiger partial charge on any atom is 0.242 e. The van der Waals surface area contributed by atoms with Crippen molar-refractivity contribution in [2.45, 2.75) is 31.6 Å². The summed E-state index contributed by atoms with van der Waals surface area (Å²) in [6, 6.07) is 1.68. The summed E-state index contributed by atoms with van der Waals surface area (Å²) in [6.45, 7) is 5.80. The van der Waals surface area contributed by atoms with Gasteiger partial charge in [0.25, 0.3) is 0 Å². The zero-order valence-corrected chi connectivity index (χ0v) is 14.5. The molecule has 21 heavy (non-hydrogen) atoms. The number of nitrogens with one attached hydrogen (secondary N) is 2. The molecule has 0 spiro atoms. The van der Waals surface area contributed by atoms with Crippen LogP contribution in [0.1, 0.15) is 24.0 Å². The fourth-order valence-corrected chi connectivity index (χ4v) is 4.82. The first kappa shape index (κ1) is 17.0. The lowest BCUT2D eigenvalue weighted by atomic mass is 10.1. The van der Waals surface area contributed by atoms with Gasteiger partial charge in [-0.15, -0.1) is 0 Å². The highest BCUT2D eigenvalue weighted by Crippen LogP contribution is 2.33. The van der Waals surface area contributed by atoms with Gasteiger partial charge in [0, 0.05) is 11.6 Å². The molecule has 1 aliphatic heterocycles. The van der Waals surface area contributed by atoms with Crippen LogP contribution in [0.3, 0.4) is 0 Å². The molecule has 2 N–H and O–H groups in total. The number of sulfonamides is 1. The molecule has 7 heteroatoms. The molecule has 1 aromatic carbocycles. The fourth-order valence-electron chi connectivity index (χ4n) is 2.56. The molecule has 1 aliphatic rings. The number of hydrogen-bond donors (Lipinski definition) is 2. The predicted molar refractivity (Wildman–Crippen MR) is 86.7 cm³/mol. The van der Waals surface area contributed by atoms with Gasteiger partial charge in [-0.25, -0.2) is 13.1 Å². The standard InChI is InChI=1S/C14H20Cl2N2O2S/c1-9-7-12(15)10(2)14(13(9)16)21(19,20)18-6-4-11-3-5-17-8-11/h7,11,17-18H,3-6,8H2,1-2H3. The Morgan fingerprint density at radius 1 is 1.38 bits per heavy atom. The van der Waals surface area contributed by atoms with Crippen molar-refractivity contribution in [3.63, 3.8) is 0 Å². The minimum absolute atomic E-state index is 0.0960. The largest absolute Gasteiger partial charge is 0.316 e. The minimum Gasteiger partial charge on any atom is -0.316 e. The second-order valence-corrected chi connectivity index (χ2v) is 7.98. The molecule has 1 heterocycles. The van der Waals surface area contributed by atoms with E-state index in [9.17, 15) is 8.42 Å². The number of hydrogen-bond acceptors (Lipinski definition) is 3. The van der Waals surface area contributed by atoms with Crippen molar-refractivity contribution in [2.24, 2.45) is 5.92 Å². The minimum atomic E-state index is -3.65. The molecule has 0 amide bonds. The Labute approximate surface area is 136 Å². The Morgan fingerprint density at radius 3 is 2.71 bits per heavy atom. The molecular weight excluding hydrogens is 331 g/mol. The molecule has 1 fully saturated rings. The van der Waals surface area contributed by atoms with Gasteiger partial charge < -0.3 is 5.32 Å². The lowest BCUT2D eigenvalue weighted by Gasteiger charge is -2.15. The van der Waals surface area contributed by atoms with Crippen LogP contribution in [-0.4, -0.2) is 28.1 Å². The van der Waals surface area contributed by atoms with Crippen molar-refractivity contribution in [3.05, 3.63) is 27.2 Å². The average Bonchev–Trinajstić information content (AvgIpc) is 2.89. The van der Waals surface area contributed by atoms with Crippen molar-refractivity contribution in [1.29, 1.82) is 0 Å². The van der Waals surface area contributed by atoms with Gasteiger partial charge in [0.15, 0.2) is 0 Å². The molecule has 4 nitrogen and oxygen atoms in total. The Hall–Kier alpha value is -0.330. The molecule has 0 saturated carbocycles. The normalized spacial score (nSPS) is 19.1. The smallest absolute Gasteiger partial charge is 0.242 e. The molecule has 1 aromatic rings. The highest BCUT2D eigenvalue weighted by molar-refractivity contribution is 7.89. The lowest BCUT2D eigenvalue weighted by molar-refractivity contribution is 0.519. The van der Waals surface area contributed by atoms with Crippen LogP contribution in [0.4, 0.5) is 0 Å². The Kier molecular flexibility index (Phi) is 5.54. The molecule has 0 aliphatic carbocycles. The third-order valence-corrected chi connectivity index (χ3v) is 6.49. The summed E-state index contributed by atoms with van der Waals surface area (Å²) in [6.07, 6.45) is 1.92. The van der Waals surface area contributed by atoms with E-state index in [1.54, 1.807) is 19.9 Å². The molecule has 0 radical (unpaired) electrons. The molecule has 1 saturated heterocycles. The quantitative estimate of drug-likeness (QED) is 0.858. The van der Waals surface area contributed by atoms with Crippen molar-refractivity contribution in [1.82, 2.24) is 10.0 Å². The van der Waals surface area contributed by atoms with Gasteiger partial charge >= 0.3 is 0 Å². The Balaban J connectivity index is 2.15. The highest BCUT2D eigenvalue weighted by atomic mass is 35.5. The van der Waals surface area contributed by atoms with E-state index in [1.165, 1.54) is 0 Å². The Morgan fingerprint density at radius 2 is 2.10 bits per heavy atom. The summed E-state index contributed by atoms with van der Waals surface area (Å²) < 4.78 is 27.6. The molecule has 1 unspecified atom stereocenters. The van der Waals surface area contributed by atoms with Crippen LogP contribution < -0.4 is 10.0 Å². The van der Waals surface area contributed by atoms with E-state index < -0.39 is 10.0 Å². The molecule has 1 atom stereocenters. The SMILES string of the molecule is Cc1cc(Cl)c(C)c(S(=O)(=O)NCCC2CCNC2)c1Cl. The average molecular weight is 351 g/mol. The predicted octanol–water partition coefficient (Wildman–Crippen LogP) is 2.89. The molecule has 0 aromatic heterocycles. The maximum absolute atomic E-state index is 12.5. The number of benzene rings is 1. The number of halogens is 2. The summed E-state index contributed by atoms with van der Waals surface area (Å²) in [5, 5.41) is 3.93. The highest BCUT2D eigenvalue weighted by Gasteiger charge is 2.24. The van der Waals surface area contributed by atoms with E-state index in [2.05, 4.69) is 10.0 Å². The van der Waals surface area contributed by atoms with Gasteiger partial charge in [-0.3, -0.25) is 0 Å². The van der Waals surface area contributed by atoms with E-state index in [-0.39, 0.29) is 9.92 Å². The fraction of sp³-hybridized carbons (Fsp3) is 0.571. The first-order valence-corrected chi connectivity index (χ1v) is 9.22. The van der Waals surface area contributed by atoms with Crippen LogP contribution in [-0.2, 0) is 10.0 Å². The van der Waals surface area contributed by atoms with E-state index in [0.29, 0.717) is 28.6 Å². The summed E-state index contributed by atoms with van der Waals surface area (Å²) in [4.78, 5) is 0.0960. The van der Waals surface area contributed by atoms with Crippen LogP contribution in [0.25, 0.3) is 0 Å². The summed E-state index contributed by atoms with van der Waals surface area (Å²) >= 11 is 12.2. The van der Waals surface area contributed by atoms with Crippen molar-refractivity contribution in [3.8, 4) is 0 Å². The second kappa shape index (κ2) is 6.84. The monoisotopic (exact) mass is 350 g/mol. The lowest BCUT2D eigenvalue weighted by Crippen LogP contribution is -2.27. The first-order chi connectivity index (χ1) is 9.83. The zero-order valence-electron chi connectivity index (χ0n) is 12.2. The third kappa shape index (κ3) is 3.90. The van der Waals surface area contributed by atoms with E-state index in [4.69, 9.17) is 23.2 Å². The van der Waals surface area contributed by atoms with Crippen LogP contribution in [0.2, 0.25) is 10.0 Å². The van der Waals surface area contributed by atoms with Crippen molar-refractivity contribution >= 4 is 33.2 Å². The van der Waals surface area contributed by atoms with Crippen LogP contribution in [0.5, 0.6) is 0 Å².